The molecular formula is C24H30F2N3O5S+. The van der Waals surface area contributed by atoms with E-state index in [1.807, 2.05) is 0 Å². The van der Waals surface area contributed by atoms with Crippen molar-refractivity contribution in [3.05, 3.63) is 34.2 Å². The van der Waals surface area contributed by atoms with Crippen molar-refractivity contribution in [3.8, 4) is 0 Å². The third-order valence-electron chi connectivity index (χ3n) is 7.88. The summed E-state index contributed by atoms with van der Waals surface area (Å²) in [4.78, 5) is 26.5. The second-order valence-electron chi connectivity index (χ2n) is 10.3. The molecule has 6 rings (SSSR count). The van der Waals surface area contributed by atoms with Crippen LogP contribution in [0.25, 0.3) is 0 Å². The number of piperidine rings is 3. The molecule has 3 atom stereocenters. The fraction of sp³-hybridized carbons (Fsp3) is 0.625. The molecule has 1 amide bonds. The number of anilines is 1. The lowest BCUT2D eigenvalue weighted by molar-refractivity contribution is -0.939. The second kappa shape index (κ2) is 8.94. The van der Waals surface area contributed by atoms with Crippen LogP contribution >= 0.6 is 11.3 Å². The van der Waals surface area contributed by atoms with E-state index in [9.17, 15) is 23.5 Å². The highest BCUT2D eigenvalue weighted by Gasteiger charge is 2.57. The quantitative estimate of drug-likeness (QED) is 0.437. The lowest BCUT2D eigenvalue weighted by Gasteiger charge is -2.51. The average Bonchev–Trinajstić information content (AvgIpc) is 3.55. The summed E-state index contributed by atoms with van der Waals surface area (Å²) >= 11 is 1.17. The average molecular weight is 511 g/mol. The van der Waals surface area contributed by atoms with Gasteiger partial charge in [-0.05, 0) is 24.8 Å². The summed E-state index contributed by atoms with van der Waals surface area (Å²) in [7, 11) is 0. The van der Waals surface area contributed by atoms with Crippen LogP contribution in [0.3, 0.4) is 0 Å². The summed E-state index contributed by atoms with van der Waals surface area (Å²) in [5.41, 5.74) is -2.10. The third kappa shape index (κ3) is 4.73. The van der Waals surface area contributed by atoms with Crippen molar-refractivity contribution in [2.24, 2.45) is 11.8 Å². The van der Waals surface area contributed by atoms with Crippen molar-refractivity contribution in [1.29, 1.82) is 0 Å². The SMILES string of the molecule is Cc1cc(NC(=O)C[N+]23CCC(CC2)C(OC(=O)[C@@](O)(c2cccs2)C2CCC(F)(F)C2)C3)no1. The van der Waals surface area contributed by atoms with Gasteiger partial charge in [0.1, 0.15) is 12.3 Å². The molecule has 0 radical (unpaired) electrons. The number of fused-ring (bicyclic) bond motifs is 3. The molecule has 2 bridgehead atoms. The Morgan fingerprint density at radius 3 is 2.74 bits per heavy atom. The minimum Gasteiger partial charge on any atom is -0.454 e. The van der Waals surface area contributed by atoms with Gasteiger partial charge in [-0.2, -0.15) is 0 Å². The normalized spacial score (nSPS) is 31.1. The number of halogens is 2. The molecule has 3 saturated heterocycles. The lowest BCUT2D eigenvalue weighted by Crippen LogP contribution is -2.66. The smallest absolute Gasteiger partial charge is 0.344 e. The van der Waals surface area contributed by atoms with Gasteiger partial charge in [0, 0.05) is 48.5 Å². The van der Waals surface area contributed by atoms with Crippen LogP contribution in [0, 0.1) is 18.8 Å². The largest absolute Gasteiger partial charge is 0.454 e. The van der Waals surface area contributed by atoms with Crippen LogP contribution < -0.4 is 5.32 Å². The van der Waals surface area contributed by atoms with Gasteiger partial charge in [0.2, 0.25) is 5.92 Å². The lowest BCUT2D eigenvalue weighted by atomic mass is 9.82. The van der Waals surface area contributed by atoms with E-state index >= 15 is 0 Å². The molecule has 35 heavy (non-hydrogen) atoms. The number of carbonyl (C=O) groups excluding carboxylic acids is 2. The molecule has 2 unspecified atom stereocenters. The molecule has 11 heteroatoms. The van der Waals surface area contributed by atoms with Gasteiger partial charge in [0.15, 0.2) is 24.1 Å². The Morgan fingerprint density at radius 2 is 2.14 bits per heavy atom. The van der Waals surface area contributed by atoms with Gasteiger partial charge in [-0.25, -0.2) is 13.6 Å². The van der Waals surface area contributed by atoms with Gasteiger partial charge in [0.25, 0.3) is 5.91 Å². The van der Waals surface area contributed by atoms with E-state index in [0.717, 1.165) is 25.9 Å². The van der Waals surface area contributed by atoms with Crippen molar-refractivity contribution in [2.45, 2.75) is 56.7 Å². The fourth-order valence-electron chi connectivity index (χ4n) is 5.99. The van der Waals surface area contributed by atoms with E-state index in [1.54, 1.807) is 30.5 Å². The summed E-state index contributed by atoms with van der Waals surface area (Å²) < 4.78 is 39.4. The number of thiophene rings is 1. The number of amides is 1. The van der Waals surface area contributed by atoms with Crippen molar-refractivity contribution >= 4 is 29.0 Å². The van der Waals surface area contributed by atoms with E-state index in [0.29, 0.717) is 27.5 Å². The predicted molar refractivity (Wildman–Crippen MR) is 123 cm³/mol. The van der Waals surface area contributed by atoms with Gasteiger partial charge in [-0.3, -0.25) is 4.79 Å². The number of esters is 1. The molecule has 2 aromatic rings. The van der Waals surface area contributed by atoms with Gasteiger partial charge < -0.3 is 24.2 Å². The molecule has 2 N–H and O–H groups in total. The third-order valence-corrected chi connectivity index (χ3v) is 8.87. The molecule has 1 saturated carbocycles. The van der Waals surface area contributed by atoms with E-state index in [4.69, 9.17) is 9.26 Å². The van der Waals surface area contributed by atoms with Crippen molar-refractivity contribution < 1.29 is 37.2 Å². The van der Waals surface area contributed by atoms with E-state index in [-0.39, 0.29) is 31.2 Å². The number of hydrogen-bond acceptors (Lipinski definition) is 7. The van der Waals surface area contributed by atoms with Crippen LogP contribution in [0.2, 0.25) is 0 Å². The van der Waals surface area contributed by atoms with Gasteiger partial charge >= 0.3 is 5.97 Å². The Labute approximate surface area is 205 Å². The Kier molecular flexibility index (Phi) is 6.21. The molecule has 2 aromatic heterocycles. The first-order chi connectivity index (χ1) is 16.6. The molecule has 1 aliphatic carbocycles. The first-order valence-electron chi connectivity index (χ1n) is 12.0. The number of quaternary nitrogens is 1. The second-order valence-corrected chi connectivity index (χ2v) is 11.3. The van der Waals surface area contributed by atoms with Gasteiger partial charge in [0.05, 0.1) is 13.1 Å². The number of nitrogens with zero attached hydrogens (tertiary/aromatic N) is 2. The summed E-state index contributed by atoms with van der Waals surface area (Å²) in [6, 6.07) is 4.93. The number of alkyl halides is 2. The van der Waals surface area contributed by atoms with Crippen molar-refractivity contribution in [3.63, 3.8) is 0 Å². The topological polar surface area (TPSA) is 102 Å². The number of carbonyl (C=O) groups is 2. The predicted octanol–water partition coefficient (Wildman–Crippen LogP) is 3.46. The van der Waals surface area contributed by atoms with Crippen LogP contribution in [-0.2, 0) is 19.9 Å². The highest BCUT2D eigenvalue weighted by atomic mass is 32.1. The first-order valence-corrected chi connectivity index (χ1v) is 12.9. The Balaban J connectivity index is 1.30. The Bertz CT molecular complexity index is 1080. The number of ether oxygens (including phenoxy) is 1. The number of rotatable bonds is 7. The number of aryl methyl sites for hydroxylation is 1. The van der Waals surface area contributed by atoms with Gasteiger partial charge in [-0.15, -0.1) is 11.3 Å². The Hall–Kier alpha value is -2.37. The van der Waals surface area contributed by atoms with Crippen LogP contribution in [0.15, 0.2) is 28.1 Å². The maximum absolute atomic E-state index is 14.0. The van der Waals surface area contributed by atoms with E-state index in [1.165, 1.54) is 11.3 Å². The zero-order valence-electron chi connectivity index (χ0n) is 19.5. The molecule has 5 heterocycles. The maximum atomic E-state index is 14.0. The van der Waals surface area contributed by atoms with Gasteiger partial charge in [-0.1, -0.05) is 11.2 Å². The zero-order valence-corrected chi connectivity index (χ0v) is 20.4. The standard InChI is InChI=1S/C24H29F2N3O5S/c1-15-11-20(28-34-15)27-21(30)14-29-8-5-16(6-9-29)18(13-29)33-22(31)24(32,19-3-2-10-35-19)17-4-7-23(25,26)12-17/h2-3,10-11,16-18,32H,4-9,12-14H2,1H3/p+1/t16?,17?,18?,24-,29?/m0/s1. The van der Waals surface area contributed by atoms with Crippen LogP contribution in [0.1, 0.15) is 42.7 Å². The van der Waals surface area contributed by atoms with E-state index < -0.39 is 35.9 Å². The summed E-state index contributed by atoms with van der Waals surface area (Å²) in [5, 5.41) is 19.8. The fourth-order valence-corrected chi connectivity index (χ4v) is 6.88. The van der Waals surface area contributed by atoms with E-state index in [2.05, 4.69) is 10.5 Å². The number of nitrogens with one attached hydrogen (secondary N) is 1. The molecule has 190 valence electrons. The van der Waals surface area contributed by atoms with Crippen molar-refractivity contribution in [1.82, 2.24) is 5.16 Å². The minimum atomic E-state index is -2.91. The first kappa shape index (κ1) is 24.3. The molecule has 4 aliphatic rings. The van der Waals surface area contributed by atoms with Crippen LogP contribution in [0.5, 0.6) is 0 Å². The molecular weight excluding hydrogens is 480 g/mol. The van der Waals surface area contributed by atoms with Crippen LogP contribution in [0.4, 0.5) is 14.6 Å². The minimum absolute atomic E-state index is 0.0479. The van der Waals surface area contributed by atoms with Crippen molar-refractivity contribution in [2.75, 3.05) is 31.5 Å². The number of aliphatic hydroxyl groups is 1. The summed E-state index contributed by atoms with van der Waals surface area (Å²) in [5.74, 6) is -3.81. The molecule has 0 aromatic carbocycles. The summed E-state index contributed by atoms with van der Waals surface area (Å²) in [6.07, 6.45) is 0.227. The highest BCUT2D eigenvalue weighted by molar-refractivity contribution is 7.10. The summed E-state index contributed by atoms with van der Waals surface area (Å²) in [6.45, 7) is 3.96. The highest BCUT2D eigenvalue weighted by Crippen LogP contribution is 2.49. The maximum Gasteiger partial charge on any atom is 0.344 e. The number of aromatic nitrogens is 1. The molecule has 4 fully saturated rings. The monoisotopic (exact) mass is 510 g/mol. The van der Waals surface area contributed by atoms with Crippen LogP contribution in [-0.4, -0.2) is 64.8 Å². The molecule has 8 nitrogen and oxygen atoms in total. The zero-order chi connectivity index (χ0) is 24.8. The Morgan fingerprint density at radius 1 is 1.37 bits per heavy atom. The number of hydrogen-bond donors (Lipinski definition) is 2. The molecule has 0 spiro atoms. The molecule has 3 aliphatic heterocycles.